The van der Waals surface area contributed by atoms with Crippen LogP contribution in [-0.2, 0) is 11.8 Å². The Hall–Kier alpha value is -2.60. The summed E-state index contributed by atoms with van der Waals surface area (Å²) in [4.78, 5) is 11.9. The second-order valence-corrected chi connectivity index (χ2v) is 6.14. The van der Waals surface area contributed by atoms with Gasteiger partial charge in [-0.05, 0) is 44.5 Å². The molecule has 2 aromatic rings. The van der Waals surface area contributed by atoms with Crippen LogP contribution in [0.2, 0.25) is 0 Å². The van der Waals surface area contributed by atoms with Crippen LogP contribution in [0.4, 0.5) is 0 Å². The lowest BCUT2D eigenvalue weighted by Gasteiger charge is -2.13. The molecule has 134 valence electrons. The Morgan fingerprint density at radius 3 is 2.60 bits per heavy atom. The van der Waals surface area contributed by atoms with Crippen LogP contribution in [0.5, 0.6) is 5.75 Å². The molecule has 6 nitrogen and oxygen atoms in total. The third-order valence-corrected chi connectivity index (χ3v) is 3.79. The summed E-state index contributed by atoms with van der Waals surface area (Å²) in [5.74, 6) is 0.492. The topological polar surface area (TPSA) is 76.4 Å². The fraction of sp³-hybridized carbons (Fsp3) is 0.368. The van der Waals surface area contributed by atoms with Gasteiger partial charge in [0.2, 0.25) is 5.91 Å². The van der Waals surface area contributed by atoms with Gasteiger partial charge in [-0.2, -0.15) is 5.10 Å². The van der Waals surface area contributed by atoms with Gasteiger partial charge in [-0.3, -0.25) is 9.48 Å². The summed E-state index contributed by atoms with van der Waals surface area (Å²) in [5.41, 5.74) is 2.59. The maximum absolute atomic E-state index is 11.9. The standard InChI is InChI=1S/C19H25N3O3/c1-13(2)25-17-8-5-15(6-9-17)18(23)12-20-19(24)10-7-16-11-21-22(4)14(16)3/h5-11,13,18,23H,12H2,1-4H3,(H,20,24)/b10-7+. The van der Waals surface area contributed by atoms with Crippen LogP contribution in [0.25, 0.3) is 6.08 Å². The predicted molar refractivity (Wildman–Crippen MR) is 97.2 cm³/mol. The van der Waals surface area contributed by atoms with Gasteiger partial charge in [-0.1, -0.05) is 12.1 Å². The third-order valence-electron chi connectivity index (χ3n) is 3.79. The quantitative estimate of drug-likeness (QED) is 0.757. The van der Waals surface area contributed by atoms with Crippen LogP contribution in [0.1, 0.15) is 36.8 Å². The molecule has 2 rings (SSSR count). The Kier molecular flexibility index (Phi) is 6.36. The number of nitrogens with one attached hydrogen (secondary N) is 1. The Bertz CT molecular complexity index is 733. The summed E-state index contributed by atoms with van der Waals surface area (Å²) in [6, 6.07) is 7.21. The minimum absolute atomic E-state index is 0.102. The van der Waals surface area contributed by atoms with Gasteiger partial charge in [0.15, 0.2) is 0 Å². The summed E-state index contributed by atoms with van der Waals surface area (Å²) in [6.07, 6.45) is 4.18. The number of aliphatic hydroxyl groups is 1. The Morgan fingerprint density at radius 2 is 2.04 bits per heavy atom. The number of benzene rings is 1. The van der Waals surface area contributed by atoms with Crippen molar-refractivity contribution < 1.29 is 14.6 Å². The molecule has 6 heteroatoms. The number of aromatic nitrogens is 2. The number of nitrogens with zero attached hydrogens (tertiary/aromatic N) is 2. The number of hydrogen-bond donors (Lipinski definition) is 2. The van der Waals surface area contributed by atoms with Gasteiger partial charge < -0.3 is 15.2 Å². The maximum Gasteiger partial charge on any atom is 0.244 e. The number of hydrogen-bond acceptors (Lipinski definition) is 4. The molecule has 0 fully saturated rings. The second kappa shape index (κ2) is 8.48. The zero-order chi connectivity index (χ0) is 18.4. The number of amides is 1. The molecule has 1 amide bonds. The minimum Gasteiger partial charge on any atom is -0.491 e. The lowest BCUT2D eigenvalue weighted by molar-refractivity contribution is -0.116. The molecular weight excluding hydrogens is 318 g/mol. The fourth-order valence-electron chi connectivity index (χ4n) is 2.26. The highest BCUT2D eigenvalue weighted by Crippen LogP contribution is 2.18. The molecule has 1 heterocycles. The summed E-state index contributed by atoms with van der Waals surface area (Å²) < 4.78 is 7.31. The number of rotatable bonds is 7. The molecule has 1 unspecified atom stereocenters. The Balaban J connectivity index is 1.85. The maximum atomic E-state index is 11.9. The van der Waals surface area contributed by atoms with Crippen LogP contribution in [-0.4, -0.2) is 33.4 Å². The number of aliphatic hydroxyl groups excluding tert-OH is 1. The minimum atomic E-state index is -0.773. The highest BCUT2D eigenvalue weighted by atomic mass is 16.5. The van der Waals surface area contributed by atoms with Crippen molar-refractivity contribution in [3.63, 3.8) is 0 Å². The van der Waals surface area contributed by atoms with E-state index in [4.69, 9.17) is 4.74 Å². The van der Waals surface area contributed by atoms with E-state index in [0.717, 1.165) is 22.6 Å². The first-order chi connectivity index (χ1) is 11.9. The molecule has 0 spiro atoms. The van der Waals surface area contributed by atoms with Gasteiger partial charge >= 0.3 is 0 Å². The molecular formula is C19H25N3O3. The molecule has 2 N–H and O–H groups in total. The van der Waals surface area contributed by atoms with E-state index < -0.39 is 6.10 Å². The molecule has 1 aromatic heterocycles. The summed E-state index contributed by atoms with van der Waals surface area (Å²) in [6.45, 7) is 5.98. The van der Waals surface area contributed by atoms with Gasteiger partial charge in [0, 0.05) is 30.9 Å². The normalized spacial score (nSPS) is 12.6. The zero-order valence-electron chi connectivity index (χ0n) is 15.1. The molecule has 0 bridgehead atoms. The second-order valence-electron chi connectivity index (χ2n) is 6.14. The van der Waals surface area contributed by atoms with Gasteiger partial charge in [0.25, 0.3) is 0 Å². The number of carbonyl (C=O) groups excluding carboxylic acids is 1. The number of ether oxygens (including phenoxy) is 1. The molecule has 0 saturated carbocycles. The van der Waals surface area contributed by atoms with Crippen LogP contribution in [0.15, 0.2) is 36.5 Å². The lowest BCUT2D eigenvalue weighted by Crippen LogP contribution is -2.26. The van der Waals surface area contributed by atoms with E-state index in [1.165, 1.54) is 6.08 Å². The van der Waals surface area contributed by atoms with Crippen molar-refractivity contribution in [3.05, 3.63) is 53.4 Å². The van der Waals surface area contributed by atoms with E-state index in [1.54, 1.807) is 29.1 Å². The van der Waals surface area contributed by atoms with E-state index in [2.05, 4.69) is 10.4 Å². The van der Waals surface area contributed by atoms with Crippen molar-refractivity contribution >= 4 is 12.0 Å². The van der Waals surface area contributed by atoms with Gasteiger partial charge in [0.05, 0.1) is 18.4 Å². The predicted octanol–water partition coefficient (Wildman–Crippen LogP) is 2.38. The van der Waals surface area contributed by atoms with Crippen LogP contribution >= 0.6 is 0 Å². The van der Waals surface area contributed by atoms with E-state index >= 15 is 0 Å². The van der Waals surface area contributed by atoms with Gasteiger partial charge in [-0.15, -0.1) is 0 Å². The number of aryl methyl sites for hydroxylation is 1. The highest BCUT2D eigenvalue weighted by molar-refractivity contribution is 5.91. The largest absolute Gasteiger partial charge is 0.491 e. The smallest absolute Gasteiger partial charge is 0.244 e. The van der Waals surface area contributed by atoms with Crippen molar-refractivity contribution in [1.82, 2.24) is 15.1 Å². The highest BCUT2D eigenvalue weighted by Gasteiger charge is 2.09. The Morgan fingerprint density at radius 1 is 1.36 bits per heavy atom. The summed E-state index contributed by atoms with van der Waals surface area (Å²) in [7, 11) is 1.85. The summed E-state index contributed by atoms with van der Waals surface area (Å²) >= 11 is 0. The molecule has 0 aliphatic heterocycles. The Labute approximate surface area is 148 Å². The van der Waals surface area contributed by atoms with Crippen LogP contribution < -0.4 is 10.1 Å². The van der Waals surface area contributed by atoms with Crippen molar-refractivity contribution in [2.24, 2.45) is 7.05 Å². The van der Waals surface area contributed by atoms with Crippen molar-refractivity contribution in [1.29, 1.82) is 0 Å². The first kappa shape index (κ1) is 18.7. The average molecular weight is 343 g/mol. The average Bonchev–Trinajstić information content (AvgIpc) is 2.89. The molecule has 1 atom stereocenters. The van der Waals surface area contributed by atoms with E-state index in [9.17, 15) is 9.90 Å². The van der Waals surface area contributed by atoms with E-state index in [0.29, 0.717) is 0 Å². The van der Waals surface area contributed by atoms with Crippen LogP contribution in [0, 0.1) is 6.92 Å². The zero-order valence-corrected chi connectivity index (χ0v) is 15.1. The van der Waals surface area contributed by atoms with E-state index in [1.807, 2.05) is 40.0 Å². The molecule has 1 aromatic carbocycles. The molecule has 25 heavy (non-hydrogen) atoms. The first-order valence-corrected chi connectivity index (χ1v) is 8.26. The van der Waals surface area contributed by atoms with Crippen molar-refractivity contribution in [2.75, 3.05) is 6.54 Å². The van der Waals surface area contributed by atoms with Gasteiger partial charge in [-0.25, -0.2) is 0 Å². The monoisotopic (exact) mass is 343 g/mol. The van der Waals surface area contributed by atoms with E-state index in [-0.39, 0.29) is 18.6 Å². The molecule has 0 aliphatic rings. The molecule has 0 saturated heterocycles. The summed E-state index contributed by atoms with van der Waals surface area (Å²) in [5, 5.41) is 17.0. The number of carbonyl (C=O) groups is 1. The van der Waals surface area contributed by atoms with Gasteiger partial charge in [0.1, 0.15) is 5.75 Å². The molecule has 0 aliphatic carbocycles. The third kappa shape index (κ3) is 5.46. The van der Waals surface area contributed by atoms with Crippen LogP contribution in [0.3, 0.4) is 0 Å². The fourth-order valence-corrected chi connectivity index (χ4v) is 2.26. The first-order valence-electron chi connectivity index (χ1n) is 8.26. The molecule has 0 radical (unpaired) electrons. The SMILES string of the molecule is Cc1c(/C=C/C(=O)NCC(O)c2ccc(OC(C)C)cc2)cnn1C. The van der Waals surface area contributed by atoms with Crippen molar-refractivity contribution in [2.45, 2.75) is 33.0 Å². The van der Waals surface area contributed by atoms with Crippen molar-refractivity contribution in [3.8, 4) is 5.75 Å². The lowest BCUT2D eigenvalue weighted by atomic mass is 10.1.